The monoisotopic (exact) mass is 408 g/mol. The molecule has 0 unspecified atom stereocenters. The first-order valence-corrected chi connectivity index (χ1v) is 9.02. The predicted octanol–water partition coefficient (Wildman–Crippen LogP) is 4.72. The van der Waals surface area contributed by atoms with Crippen molar-refractivity contribution in [2.75, 3.05) is 29.9 Å². The fraction of sp³-hybridized carbons (Fsp3) is 0.278. The van der Waals surface area contributed by atoms with E-state index in [0.717, 1.165) is 41.8 Å². The quantitative estimate of drug-likeness (QED) is 0.777. The van der Waals surface area contributed by atoms with Crippen LogP contribution in [0.2, 0.25) is 5.02 Å². The fourth-order valence-corrected chi connectivity index (χ4v) is 3.30. The molecule has 0 spiro atoms. The number of carbonyl (C=O) groups excluding carboxylic acids is 1. The Hall–Kier alpha value is -1.72. The van der Waals surface area contributed by atoms with Crippen LogP contribution in [0.25, 0.3) is 0 Å². The Morgan fingerprint density at radius 3 is 2.58 bits per heavy atom. The van der Waals surface area contributed by atoms with E-state index < -0.39 is 0 Å². The van der Waals surface area contributed by atoms with E-state index in [1.807, 2.05) is 42.5 Å². The third-order valence-electron chi connectivity index (χ3n) is 3.87. The van der Waals surface area contributed by atoms with Crippen LogP contribution in [0.4, 0.5) is 11.4 Å². The van der Waals surface area contributed by atoms with E-state index in [-0.39, 0.29) is 12.5 Å². The van der Waals surface area contributed by atoms with Crippen LogP contribution in [0.15, 0.2) is 46.9 Å². The molecule has 126 valence electrons. The Balaban J connectivity index is 1.65. The Labute approximate surface area is 154 Å². The summed E-state index contributed by atoms with van der Waals surface area (Å²) < 4.78 is 6.48. The van der Waals surface area contributed by atoms with Gasteiger partial charge in [0.25, 0.3) is 5.91 Å². The van der Waals surface area contributed by atoms with E-state index in [2.05, 4.69) is 26.1 Å². The first-order chi connectivity index (χ1) is 11.6. The lowest BCUT2D eigenvalue weighted by Crippen LogP contribution is -2.24. The minimum absolute atomic E-state index is 0.0480. The van der Waals surface area contributed by atoms with Crippen LogP contribution in [-0.2, 0) is 4.79 Å². The van der Waals surface area contributed by atoms with Crippen molar-refractivity contribution in [1.82, 2.24) is 0 Å². The number of nitrogens with zero attached hydrogens (tertiary/aromatic N) is 1. The van der Waals surface area contributed by atoms with Crippen LogP contribution in [0.1, 0.15) is 12.8 Å². The smallest absolute Gasteiger partial charge is 0.262 e. The van der Waals surface area contributed by atoms with Crippen molar-refractivity contribution in [2.24, 2.45) is 0 Å². The lowest BCUT2D eigenvalue weighted by atomic mass is 10.2. The molecular weight excluding hydrogens is 392 g/mol. The van der Waals surface area contributed by atoms with Crippen LogP contribution in [-0.4, -0.2) is 25.6 Å². The summed E-state index contributed by atoms with van der Waals surface area (Å²) in [6, 6.07) is 12.9. The van der Waals surface area contributed by atoms with E-state index in [9.17, 15) is 4.79 Å². The van der Waals surface area contributed by atoms with Crippen molar-refractivity contribution in [3.8, 4) is 5.75 Å². The Bertz CT molecular complexity index is 715. The highest BCUT2D eigenvalue weighted by Gasteiger charge is 2.19. The molecule has 0 atom stereocenters. The zero-order valence-electron chi connectivity index (χ0n) is 13.1. The summed E-state index contributed by atoms with van der Waals surface area (Å²) in [4.78, 5) is 14.4. The predicted molar refractivity (Wildman–Crippen MR) is 101 cm³/mol. The van der Waals surface area contributed by atoms with Gasteiger partial charge in [-0.15, -0.1) is 0 Å². The molecule has 1 N–H and O–H groups in total. The average molecular weight is 410 g/mol. The van der Waals surface area contributed by atoms with Crippen LogP contribution >= 0.6 is 27.5 Å². The van der Waals surface area contributed by atoms with E-state index in [4.69, 9.17) is 16.3 Å². The van der Waals surface area contributed by atoms with Gasteiger partial charge < -0.3 is 15.0 Å². The maximum Gasteiger partial charge on any atom is 0.262 e. The molecule has 1 aliphatic rings. The molecule has 4 nitrogen and oxygen atoms in total. The van der Waals surface area contributed by atoms with Gasteiger partial charge in [0.05, 0.1) is 16.4 Å². The van der Waals surface area contributed by atoms with Crippen molar-refractivity contribution in [3.05, 3.63) is 52.0 Å². The second kappa shape index (κ2) is 7.90. The number of hydrogen-bond acceptors (Lipinski definition) is 3. The number of carbonyl (C=O) groups is 1. The summed E-state index contributed by atoms with van der Waals surface area (Å²) in [6.07, 6.45) is 2.29. The van der Waals surface area contributed by atoms with E-state index >= 15 is 0 Å². The van der Waals surface area contributed by atoms with Gasteiger partial charge in [-0.3, -0.25) is 4.79 Å². The molecule has 0 saturated carbocycles. The third kappa shape index (κ3) is 4.22. The number of benzene rings is 2. The van der Waals surface area contributed by atoms with Gasteiger partial charge in [-0.05, 0) is 49.2 Å². The minimum atomic E-state index is -0.208. The largest absolute Gasteiger partial charge is 0.484 e. The van der Waals surface area contributed by atoms with Crippen molar-refractivity contribution in [1.29, 1.82) is 0 Å². The standard InChI is InChI=1S/C18H18BrClN2O2/c19-13-6-8-14(9-7-13)24-12-17(23)21-16-5-3-4-15(20)18(16)22-10-1-2-11-22/h3-9H,1-2,10-12H2,(H,21,23). The van der Waals surface area contributed by atoms with Gasteiger partial charge in [-0.1, -0.05) is 33.6 Å². The molecule has 0 aromatic heterocycles. The van der Waals surface area contributed by atoms with Crippen LogP contribution in [0.3, 0.4) is 0 Å². The summed E-state index contributed by atoms with van der Waals surface area (Å²) in [7, 11) is 0. The number of halogens is 2. The molecule has 2 aromatic carbocycles. The van der Waals surface area contributed by atoms with Crippen LogP contribution < -0.4 is 15.0 Å². The summed E-state index contributed by atoms with van der Waals surface area (Å²) >= 11 is 9.72. The maximum absolute atomic E-state index is 12.2. The average Bonchev–Trinajstić information content (AvgIpc) is 3.08. The van der Waals surface area contributed by atoms with Crippen LogP contribution in [0.5, 0.6) is 5.75 Å². The van der Waals surface area contributed by atoms with Crippen molar-refractivity contribution in [3.63, 3.8) is 0 Å². The Morgan fingerprint density at radius 1 is 1.17 bits per heavy atom. The second-order valence-corrected chi connectivity index (χ2v) is 6.94. The Kier molecular flexibility index (Phi) is 5.63. The molecule has 3 rings (SSSR count). The van der Waals surface area contributed by atoms with Gasteiger partial charge in [0.15, 0.2) is 6.61 Å². The number of hydrogen-bond donors (Lipinski definition) is 1. The maximum atomic E-state index is 12.2. The minimum Gasteiger partial charge on any atom is -0.484 e. The molecule has 1 amide bonds. The van der Waals surface area contributed by atoms with Gasteiger partial charge in [-0.25, -0.2) is 0 Å². The lowest BCUT2D eigenvalue weighted by Gasteiger charge is -2.23. The highest BCUT2D eigenvalue weighted by molar-refractivity contribution is 9.10. The summed E-state index contributed by atoms with van der Waals surface area (Å²) in [6.45, 7) is 1.87. The van der Waals surface area contributed by atoms with Gasteiger partial charge in [0.2, 0.25) is 0 Å². The summed E-state index contributed by atoms with van der Waals surface area (Å²) in [5.74, 6) is 0.444. The number of amides is 1. The first-order valence-electron chi connectivity index (χ1n) is 7.85. The molecule has 0 aliphatic carbocycles. The molecule has 0 bridgehead atoms. The van der Waals surface area contributed by atoms with Gasteiger partial charge >= 0.3 is 0 Å². The normalized spacial score (nSPS) is 13.8. The van der Waals surface area contributed by atoms with E-state index in [0.29, 0.717) is 10.8 Å². The highest BCUT2D eigenvalue weighted by atomic mass is 79.9. The zero-order valence-corrected chi connectivity index (χ0v) is 15.4. The zero-order chi connectivity index (χ0) is 16.9. The second-order valence-electron chi connectivity index (χ2n) is 5.62. The van der Waals surface area contributed by atoms with E-state index in [1.54, 1.807) is 0 Å². The number of ether oxygens (including phenoxy) is 1. The van der Waals surface area contributed by atoms with E-state index in [1.165, 1.54) is 0 Å². The number of nitrogens with one attached hydrogen (secondary N) is 1. The number of anilines is 2. The highest BCUT2D eigenvalue weighted by Crippen LogP contribution is 2.35. The lowest BCUT2D eigenvalue weighted by molar-refractivity contribution is -0.118. The van der Waals surface area contributed by atoms with Gasteiger partial charge in [-0.2, -0.15) is 0 Å². The molecule has 0 radical (unpaired) electrons. The van der Waals surface area contributed by atoms with Crippen molar-refractivity contribution in [2.45, 2.75) is 12.8 Å². The molecular formula is C18H18BrClN2O2. The molecule has 1 aliphatic heterocycles. The van der Waals surface area contributed by atoms with Gasteiger partial charge in [0.1, 0.15) is 5.75 Å². The topological polar surface area (TPSA) is 41.6 Å². The third-order valence-corrected chi connectivity index (χ3v) is 4.70. The number of para-hydroxylation sites is 1. The molecule has 24 heavy (non-hydrogen) atoms. The molecule has 1 saturated heterocycles. The summed E-state index contributed by atoms with van der Waals surface area (Å²) in [5, 5.41) is 3.57. The number of rotatable bonds is 5. The molecule has 1 heterocycles. The first kappa shape index (κ1) is 17.1. The SMILES string of the molecule is O=C(COc1ccc(Br)cc1)Nc1cccc(Cl)c1N1CCCC1. The van der Waals surface area contributed by atoms with Crippen LogP contribution in [0, 0.1) is 0 Å². The fourth-order valence-electron chi connectivity index (χ4n) is 2.74. The molecule has 1 fully saturated rings. The molecule has 6 heteroatoms. The summed E-state index contributed by atoms with van der Waals surface area (Å²) in [5.41, 5.74) is 1.63. The van der Waals surface area contributed by atoms with Crippen molar-refractivity contribution >= 4 is 44.8 Å². The molecule has 2 aromatic rings. The Morgan fingerprint density at radius 2 is 1.88 bits per heavy atom. The van der Waals surface area contributed by atoms with Gasteiger partial charge in [0, 0.05) is 17.6 Å². The van der Waals surface area contributed by atoms with Crippen molar-refractivity contribution < 1.29 is 9.53 Å².